The van der Waals surface area contributed by atoms with Gasteiger partial charge in [-0.05, 0) is 12.8 Å². The smallest absolute Gasteiger partial charge is 0.313 e. The lowest BCUT2D eigenvalue weighted by atomic mass is 10.1. The van der Waals surface area contributed by atoms with Gasteiger partial charge in [0.05, 0.1) is 12.4 Å². The lowest BCUT2D eigenvalue weighted by molar-refractivity contribution is -0.133. The molecule has 1 saturated heterocycles. The highest BCUT2D eigenvalue weighted by atomic mass is 32.2. The third kappa shape index (κ3) is 4.10. The predicted molar refractivity (Wildman–Crippen MR) is 80.9 cm³/mol. The van der Waals surface area contributed by atoms with Crippen LogP contribution in [0.4, 0.5) is 5.95 Å². The summed E-state index contributed by atoms with van der Waals surface area (Å²) in [7, 11) is 1.73. The number of aliphatic carboxylic acids is 1. The van der Waals surface area contributed by atoms with Crippen molar-refractivity contribution in [2.45, 2.75) is 31.5 Å². The number of anilines is 1. The normalized spacial score (nSPS) is 18.4. The molecule has 8 heteroatoms. The van der Waals surface area contributed by atoms with Crippen molar-refractivity contribution in [2.24, 2.45) is 5.92 Å². The molecule has 1 aromatic rings. The number of rotatable bonds is 8. The van der Waals surface area contributed by atoms with Gasteiger partial charge in [0.1, 0.15) is 0 Å². The monoisotopic (exact) mass is 314 g/mol. The Labute approximate surface area is 128 Å². The zero-order chi connectivity index (χ0) is 15.2. The summed E-state index contributed by atoms with van der Waals surface area (Å²) >= 11 is 1.22. The van der Waals surface area contributed by atoms with Crippen molar-refractivity contribution in [3.8, 4) is 0 Å². The summed E-state index contributed by atoms with van der Waals surface area (Å²) in [6, 6.07) is 0. The molecule has 1 fully saturated rings. The maximum atomic E-state index is 10.7. The number of hydrogen-bond donors (Lipinski definition) is 1. The number of carboxylic acids is 1. The molecule has 1 N–H and O–H groups in total. The first-order valence-electron chi connectivity index (χ1n) is 7.17. The Bertz CT molecular complexity index is 480. The van der Waals surface area contributed by atoms with Gasteiger partial charge < -0.3 is 14.7 Å². The molecule has 1 atom stereocenters. The molecule has 2 heterocycles. The molecular formula is C13H22N4O3S. The van der Waals surface area contributed by atoms with Crippen LogP contribution in [0, 0.1) is 5.92 Å². The van der Waals surface area contributed by atoms with Crippen LogP contribution < -0.4 is 4.90 Å². The fourth-order valence-corrected chi connectivity index (χ4v) is 3.23. The summed E-state index contributed by atoms with van der Waals surface area (Å²) < 4.78 is 7.25. The Hall–Kier alpha value is -1.28. The number of carbonyl (C=O) groups is 1. The topological polar surface area (TPSA) is 80.5 Å². The molecule has 1 aliphatic rings. The zero-order valence-corrected chi connectivity index (χ0v) is 13.3. The fraction of sp³-hybridized carbons (Fsp3) is 0.769. The molecule has 1 aromatic heterocycles. The molecule has 0 radical (unpaired) electrons. The Morgan fingerprint density at radius 1 is 1.52 bits per heavy atom. The van der Waals surface area contributed by atoms with Crippen LogP contribution in [0.15, 0.2) is 5.16 Å². The number of thioether (sulfide) groups is 1. The van der Waals surface area contributed by atoms with Gasteiger partial charge in [0.2, 0.25) is 5.95 Å². The number of aromatic nitrogens is 3. The van der Waals surface area contributed by atoms with Gasteiger partial charge in [0.15, 0.2) is 5.16 Å². The van der Waals surface area contributed by atoms with E-state index >= 15 is 0 Å². The zero-order valence-electron chi connectivity index (χ0n) is 12.5. The van der Waals surface area contributed by atoms with Crippen LogP contribution in [0.5, 0.6) is 0 Å². The number of methoxy groups -OCH3 is 1. The van der Waals surface area contributed by atoms with Crippen LogP contribution in [0.2, 0.25) is 0 Å². The van der Waals surface area contributed by atoms with E-state index in [-0.39, 0.29) is 5.75 Å². The van der Waals surface area contributed by atoms with Crippen molar-refractivity contribution in [1.82, 2.24) is 14.8 Å². The van der Waals surface area contributed by atoms with E-state index in [1.54, 1.807) is 7.11 Å². The van der Waals surface area contributed by atoms with Gasteiger partial charge in [-0.3, -0.25) is 9.36 Å². The van der Waals surface area contributed by atoms with Gasteiger partial charge in [-0.25, -0.2) is 0 Å². The number of nitrogens with zero attached hydrogens (tertiary/aromatic N) is 4. The number of ether oxygens (including phenoxy) is 1. The van der Waals surface area contributed by atoms with Crippen LogP contribution >= 0.6 is 11.8 Å². The van der Waals surface area contributed by atoms with E-state index in [2.05, 4.69) is 22.0 Å². The Kier molecular flexibility index (Phi) is 5.86. The Morgan fingerprint density at radius 2 is 2.33 bits per heavy atom. The summed E-state index contributed by atoms with van der Waals surface area (Å²) in [5.41, 5.74) is 0. The van der Waals surface area contributed by atoms with E-state index in [1.807, 2.05) is 4.57 Å². The molecule has 2 rings (SSSR count). The van der Waals surface area contributed by atoms with Crippen LogP contribution in [0.25, 0.3) is 0 Å². The lowest BCUT2D eigenvalue weighted by Gasteiger charge is -2.18. The van der Waals surface area contributed by atoms with Gasteiger partial charge in [-0.15, -0.1) is 10.2 Å². The van der Waals surface area contributed by atoms with Crippen molar-refractivity contribution < 1.29 is 14.6 Å². The van der Waals surface area contributed by atoms with Gasteiger partial charge in [0.25, 0.3) is 0 Å². The molecule has 1 unspecified atom stereocenters. The van der Waals surface area contributed by atoms with Gasteiger partial charge in [0, 0.05) is 32.7 Å². The lowest BCUT2D eigenvalue weighted by Crippen LogP contribution is -2.24. The van der Waals surface area contributed by atoms with Crippen molar-refractivity contribution in [1.29, 1.82) is 0 Å². The van der Waals surface area contributed by atoms with E-state index in [9.17, 15) is 4.79 Å². The molecule has 0 saturated carbocycles. The summed E-state index contributed by atoms with van der Waals surface area (Å²) in [5.74, 6) is 0.544. The van der Waals surface area contributed by atoms with Crippen molar-refractivity contribution >= 4 is 23.7 Å². The Morgan fingerprint density at radius 3 is 3.00 bits per heavy atom. The maximum Gasteiger partial charge on any atom is 0.313 e. The number of carboxylic acid groups (broad SMARTS) is 1. The average Bonchev–Trinajstić information content (AvgIpc) is 3.04. The third-order valence-corrected chi connectivity index (χ3v) is 4.39. The number of hydrogen-bond acceptors (Lipinski definition) is 6. The molecule has 21 heavy (non-hydrogen) atoms. The second-order valence-corrected chi connectivity index (χ2v) is 6.12. The molecule has 0 aliphatic carbocycles. The van der Waals surface area contributed by atoms with Gasteiger partial charge >= 0.3 is 5.97 Å². The maximum absolute atomic E-state index is 10.7. The largest absolute Gasteiger partial charge is 0.481 e. The van der Waals surface area contributed by atoms with Crippen molar-refractivity contribution in [3.05, 3.63) is 0 Å². The molecule has 7 nitrogen and oxygen atoms in total. The molecule has 1 aliphatic heterocycles. The highest BCUT2D eigenvalue weighted by Crippen LogP contribution is 2.26. The predicted octanol–water partition coefficient (Wildman–Crippen LogP) is 1.34. The summed E-state index contributed by atoms with van der Waals surface area (Å²) in [6.07, 6.45) is 2.05. The minimum absolute atomic E-state index is 0.00808. The molecule has 0 bridgehead atoms. The van der Waals surface area contributed by atoms with E-state index in [1.165, 1.54) is 11.8 Å². The highest BCUT2D eigenvalue weighted by molar-refractivity contribution is 7.99. The van der Waals surface area contributed by atoms with Crippen LogP contribution in [-0.2, 0) is 16.1 Å². The summed E-state index contributed by atoms with van der Waals surface area (Å²) in [6.45, 7) is 5.51. The minimum atomic E-state index is -0.839. The Balaban J connectivity index is 2.10. The molecule has 0 spiro atoms. The van der Waals surface area contributed by atoms with Crippen molar-refractivity contribution in [3.63, 3.8) is 0 Å². The second kappa shape index (κ2) is 7.65. The average molecular weight is 314 g/mol. The van der Waals surface area contributed by atoms with Crippen LogP contribution in [-0.4, -0.2) is 58.4 Å². The van der Waals surface area contributed by atoms with Gasteiger partial charge in [-0.2, -0.15) is 0 Å². The minimum Gasteiger partial charge on any atom is -0.481 e. The van der Waals surface area contributed by atoms with E-state index < -0.39 is 5.97 Å². The molecule has 0 aromatic carbocycles. The first-order chi connectivity index (χ1) is 10.2. The summed E-state index contributed by atoms with van der Waals surface area (Å²) in [4.78, 5) is 12.9. The van der Waals surface area contributed by atoms with E-state index in [0.29, 0.717) is 11.1 Å². The SMILES string of the molecule is CCCn1c(SCC(=O)O)nnc1N1CCC(COC)C1. The standard InChI is InChI=1S/C13H22N4O3S/c1-3-5-17-12(14-15-13(17)21-9-11(18)19)16-6-4-10(7-16)8-20-2/h10H,3-9H2,1-2H3,(H,18,19). The summed E-state index contributed by atoms with van der Waals surface area (Å²) in [5, 5.41) is 17.9. The molecule has 0 amide bonds. The van der Waals surface area contributed by atoms with Crippen molar-refractivity contribution in [2.75, 3.05) is 37.5 Å². The fourth-order valence-electron chi connectivity index (χ4n) is 2.55. The third-order valence-electron chi connectivity index (χ3n) is 3.44. The first kappa shape index (κ1) is 16.1. The highest BCUT2D eigenvalue weighted by Gasteiger charge is 2.27. The van der Waals surface area contributed by atoms with E-state index in [0.717, 1.165) is 45.0 Å². The van der Waals surface area contributed by atoms with Crippen LogP contribution in [0.1, 0.15) is 19.8 Å². The first-order valence-corrected chi connectivity index (χ1v) is 8.16. The quantitative estimate of drug-likeness (QED) is 0.725. The molecular weight excluding hydrogens is 292 g/mol. The van der Waals surface area contributed by atoms with Crippen LogP contribution in [0.3, 0.4) is 0 Å². The second-order valence-electron chi connectivity index (χ2n) is 5.17. The van der Waals surface area contributed by atoms with E-state index in [4.69, 9.17) is 9.84 Å². The molecule has 118 valence electrons. The van der Waals surface area contributed by atoms with Gasteiger partial charge in [-0.1, -0.05) is 18.7 Å².